The van der Waals surface area contributed by atoms with E-state index >= 15 is 0 Å². The second-order valence-corrected chi connectivity index (χ2v) is 6.15. The number of ether oxygens (including phenoxy) is 1. The van der Waals surface area contributed by atoms with Gasteiger partial charge in [-0.05, 0) is 45.9 Å². The summed E-state index contributed by atoms with van der Waals surface area (Å²) in [5.41, 5.74) is 1.08. The Balaban J connectivity index is 2.04. The quantitative estimate of drug-likeness (QED) is 0.792. The van der Waals surface area contributed by atoms with Gasteiger partial charge in [0.1, 0.15) is 11.8 Å². The highest BCUT2D eigenvalue weighted by molar-refractivity contribution is 5.96. The first-order chi connectivity index (χ1) is 9.74. The summed E-state index contributed by atoms with van der Waals surface area (Å²) in [6.45, 7) is 7.62. The highest BCUT2D eigenvalue weighted by atomic mass is 16.5. The molecule has 1 heterocycles. The van der Waals surface area contributed by atoms with Crippen molar-refractivity contribution in [2.45, 2.75) is 39.3 Å². The van der Waals surface area contributed by atoms with Gasteiger partial charge in [0.05, 0.1) is 5.69 Å². The minimum atomic E-state index is -0.387. The van der Waals surface area contributed by atoms with Crippen molar-refractivity contribution in [3.05, 3.63) is 18.2 Å². The van der Waals surface area contributed by atoms with E-state index < -0.39 is 0 Å². The average Bonchev–Trinajstić information content (AvgIpc) is 2.36. The van der Waals surface area contributed by atoms with Gasteiger partial charge in [0.25, 0.3) is 5.91 Å². The zero-order valence-corrected chi connectivity index (χ0v) is 12.7. The topological polar surface area (TPSA) is 79.5 Å². The van der Waals surface area contributed by atoms with Crippen molar-refractivity contribution >= 4 is 23.2 Å². The number of benzene rings is 1. The smallest absolute Gasteiger partial charge is 0.262 e. The number of rotatable bonds is 3. The van der Waals surface area contributed by atoms with Crippen LogP contribution in [-0.2, 0) is 9.59 Å². The van der Waals surface area contributed by atoms with Crippen molar-refractivity contribution in [3.63, 3.8) is 0 Å². The van der Waals surface area contributed by atoms with Crippen LogP contribution in [0.5, 0.6) is 5.75 Å². The summed E-state index contributed by atoms with van der Waals surface area (Å²) < 4.78 is 5.29. The third-order valence-electron chi connectivity index (χ3n) is 2.89. The van der Waals surface area contributed by atoms with E-state index in [1.807, 2.05) is 26.8 Å². The Labute approximate surface area is 124 Å². The maximum absolute atomic E-state index is 12.0. The number of carbonyl (C=O) groups is 2. The van der Waals surface area contributed by atoms with Gasteiger partial charge in [-0.25, -0.2) is 0 Å². The Morgan fingerprint density at radius 1 is 1.38 bits per heavy atom. The minimum absolute atomic E-state index is 0.0319. The maximum atomic E-state index is 12.0. The summed E-state index contributed by atoms with van der Waals surface area (Å²) in [5.74, 6) is 0.366. The van der Waals surface area contributed by atoms with Gasteiger partial charge < -0.3 is 20.7 Å². The number of amides is 2. The predicted molar refractivity (Wildman–Crippen MR) is 81.5 cm³/mol. The molecule has 0 fully saturated rings. The Morgan fingerprint density at radius 3 is 2.76 bits per heavy atom. The van der Waals surface area contributed by atoms with Gasteiger partial charge in [-0.3, -0.25) is 9.59 Å². The molecule has 21 heavy (non-hydrogen) atoms. The van der Waals surface area contributed by atoms with Crippen LogP contribution in [0.3, 0.4) is 0 Å². The number of hydrogen-bond acceptors (Lipinski definition) is 4. The fourth-order valence-electron chi connectivity index (χ4n) is 1.97. The molecule has 1 aliphatic heterocycles. The maximum Gasteiger partial charge on any atom is 0.262 e. The molecule has 1 aliphatic rings. The highest BCUT2D eigenvalue weighted by Gasteiger charge is 2.20. The summed E-state index contributed by atoms with van der Waals surface area (Å²) >= 11 is 0. The fraction of sp³-hybridized carbons (Fsp3) is 0.467. The van der Waals surface area contributed by atoms with Gasteiger partial charge in [-0.1, -0.05) is 0 Å². The molecule has 6 nitrogen and oxygen atoms in total. The standard InChI is InChI=1S/C15H21N3O3/c1-9(14(20)18-15(2,3)4)16-10-5-6-12-11(7-10)17-13(19)8-21-12/h5-7,9,16H,8H2,1-4H3,(H,17,19)(H,18,20)/t9-/m0/s1. The second-order valence-electron chi connectivity index (χ2n) is 6.15. The van der Waals surface area contributed by atoms with E-state index in [4.69, 9.17) is 4.74 Å². The van der Waals surface area contributed by atoms with Gasteiger partial charge in [0.15, 0.2) is 6.61 Å². The van der Waals surface area contributed by atoms with Crippen LogP contribution >= 0.6 is 0 Å². The van der Waals surface area contributed by atoms with Crippen LogP contribution in [0, 0.1) is 0 Å². The van der Waals surface area contributed by atoms with E-state index in [1.54, 1.807) is 19.1 Å². The van der Waals surface area contributed by atoms with E-state index in [1.165, 1.54) is 0 Å². The molecule has 0 aliphatic carbocycles. The Kier molecular flexibility index (Phi) is 4.06. The number of nitrogens with one attached hydrogen (secondary N) is 3. The minimum Gasteiger partial charge on any atom is -0.482 e. The largest absolute Gasteiger partial charge is 0.482 e. The van der Waals surface area contributed by atoms with E-state index in [-0.39, 0.29) is 30.0 Å². The van der Waals surface area contributed by atoms with Crippen molar-refractivity contribution in [1.29, 1.82) is 0 Å². The lowest BCUT2D eigenvalue weighted by Gasteiger charge is -2.24. The van der Waals surface area contributed by atoms with Gasteiger partial charge in [-0.15, -0.1) is 0 Å². The van der Waals surface area contributed by atoms with Crippen molar-refractivity contribution in [2.24, 2.45) is 0 Å². The SMILES string of the molecule is C[C@H](Nc1ccc2c(c1)NC(=O)CO2)C(=O)NC(C)(C)C. The molecule has 1 atom stereocenters. The number of carbonyl (C=O) groups excluding carboxylic acids is 2. The first kappa shape index (κ1) is 15.2. The Hall–Kier alpha value is -2.24. The lowest BCUT2D eigenvalue weighted by atomic mass is 10.1. The molecule has 1 aromatic carbocycles. The summed E-state index contributed by atoms with van der Waals surface area (Å²) in [7, 11) is 0. The first-order valence-corrected chi connectivity index (χ1v) is 6.90. The Morgan fingerprint density at radius 2 is 2.10 bits per heavy atom. The van der Waals surface area contributed by atoms with Crippen LogP contribution in [0.1, 0.15) is 27.7 Å². The first-order valence-electron chi connectivity index (χ1n) is 6.90. The zero-order valence-electron chi connectivity index (χ0n) is 12.7. The number of hydrogen-bond donors (Lipinski definition) is 3. The van der Waals surface area contributed by atoms with Crippen molar-refractivity contribution in [3.8, 4) is 5.75 Å². The molecule has 0 spiro atoms. The summed E-state index contributed by atoms with van der Waals surface area (Å²) in [6, 6.07) is 4.96. The highest BCUT2D eigenvalue weighted by Crippen LogP contribution is 2.30. The van der Waals surface area contributed by atoms with Crippen molar-refractivity contribution in [2.75, 3.05) is 17.2 Å². The van der Waals surface area contributed by atoms with Gasteiger partial charge >= 0.3 is 0 Å². The third kappa shape index (κ3) is 4.11. The van der Waals surface area contributed by atoms with Crippen LogP contribution in [0.4, 0.5) is 11.4 Å². The molecule has 0 unspecified atom stereocenters. The molecular formula is C15H21N3O3. The lowest BCUT2D eigenvalue weighted by molar-refractivity contribution is -0.123. The van der Waals surface area contributed by atoms with Crippen molar-refractivity contribution in [1.82, 2.24) is 5.32 Å². The molecule has 3 N–H and O–H groups in total. The number of anilines is 2. The van der Waals surface area contributed by atoms with Gasteiger partial charge in [0, 0.05) is 11.2 Å². The molecular weight excluding hydrogens is 270 g/mol. The number of fused-ring (bicyclic) bond motifs is 1. The van der Waals surface area contributed by atoms with Gasteiger partial charge in [0.2, 0.25) is 5.91 Å². The molecule has 114 valence electrons. The average molecular weight is 291 g/mol. The zero-order chi connectivity index (χ0) is 15.6. The van der Waals surface area contributed by atoms with Crippen LogP contribution in [0.15, 0.2) is 18.2 Å². The molecule has 0 saturated heterocycles. The lowest BCUT2D eigenvalue weighted by Crippen LogP contribution is -2.47. The van der Waals surface area contributed by atoms with E-state index in [9.17, 15) is 9.59 Å². The third-order valence-corrected chi connectivity index (χ3v) is 2.89. The molecule has 0 saturated carbocycles. The molecule has 0 aromatic heterocycles. The van der Waals surface area contributed by atoms with E-state index in [0.717, 1.165) is 5.69 Å². The van der Waals surface area contributed by atoms with Crippen LogP contribution in [0.2, 0.25) is 0 Å². The second kappa shape index (κ2) is 5.63. The molecule has 2 rings (SSSR count). The summed E-state index contributed by atoms with van der Waals surface area (Å²) in [5, 5.41) is 8.76. The molecule has 1 aromatic rings. The van der Waals surface area contributed by atoms with Crippen molar-refractivity contribution < 1.29 is 14.3 Å². The predicted octanol–water partition coefficient (Wildman–Crippen LogP) is 1.73. The van der Waals surface area contributed by atoms with Gasteiger partial charge in [-0.2, -0.15) is 0 Å². The molecule has 2 amide bonds. The fourth-order valence-corrected chi connectivity index (χ4v) is 1.97. The van der Waals surface area contributed by atoms with Crippen LogP contribution < -0.4 is 20.7 Å². The van der Waals surface area contributed by atoms with E-state index in [2.05, 4.69) is 16.0 Å². The van der Waals surface area contributed by atoms with Crippen LogP contribution in [0.25, 0.3) is 0 Å². The molecule has 6 heteroatoms. The summed E-state index contributed by atoms with van der Waals surface area (Å²) in [6.07, 6.45) is 0. The Bertz CT molecular complexity index is 564. The summed E-state index contributed by atoms with van der Waals surface area (Å²) in [4.78, 5) is 23.3. The van der Waals surface area contributed by atoms with Crippen LogP contribution in [-0.4, -0.2) is 30.0 Å². The monoisotopic (exact) mass is 291 g/mol. The van der Waals surface area contributed by atoms with E-state index in [0.29, 0.717) is 11.4 Å². The molecule has 0 radical (unpaired) electrons. The molecule has 0 bridgehead atoms. The normalized spacial score (nSPS) is 15.3.